The van der Waals surface area contributed by atoms with Crippen LogP contribution in [0.1, 0.15) is 34.3 Å². The highest BCUT2D eigenvalue weighted by Crippen LogP contribution is 2.42. The number of rotatable bonds is 3. The summed E-state index contributed by atoms with van der Waals surface area (Å²) in [4.78, 5) is 27.4. The number of aldehydes is 1. The highest BCUT2D eigenvalue weighted by atomic mass is 16.5. The largest absolute Gasteiger partial charge is 0.462 e. The highest BCUT2D eigenvalue weighted by molar-refractivity contribution is 5.90. The van der Waals surface area contributed by atoms with Gasteiger partial charge in [0.25, 0.3) is 0 Å². The molecular formula is C16H13NO4. The van der Waals surface area contributed by atoms with E-state index in [1.807, 2.05) is 0 Å². The van der Waals surface area contributed by atoms with E-state index in [4.69, 9.17) is 9.47 Å². The topological polar surface area (TPSA) is 65.5 Å². The summed E-state index contributed by atoms with van der Waals surface area (Å²) in [7, 11) is 0. The van der Waals surface area contributed by atoms with Crippen molar-refractivity contribution >= 4 is 12.3 Å². The lowest BCUT2D eigenvalue weighted by Gasteiger charge is -2.24. The molecule has 5 heteroatoms. The van der Waals surface area contributed by atoms with E-state index in [2.05, 4.69) is 4.98 Å². The van der Waals surface area contributed by atoms with Crippen molar-refractivity contribution in [2.45, 2.75) is 12.8 Å². The predicted octanol–water partition coefficient (Wildman–Crippen LogP) is 2.69. The Balaban J connectivity index is 2.07. The van der Waals surface area contributed by atoms with Gasteiger partial charge in [0.2, 0.25) is 5.88 Å². The molecule has 2 heterocycles. The number of nitrogens with zero attached hydrogens (tertiary/aromatic N) is 1. The number of pyridine rings is 1. The molecule has 1 aromatic heterocycles. The third-order valence-corrected chi connectivity index (χ3v) is 3.33. The van der Waals surface area contributed by atoms with Gasteiger partial charge in [0.1, 0.15) is 12.0 Å². The molecule has 1 aromatic carbocycles. The number of hydrogen-bond acceptors (Lipinski definition) is 5. The fourth-order valence-corrected chi connectivity index (χ4v) is 2.37. The molecule has 0 spiro atoms. The number of esters is 1. The molecule has 106 valence electrons. The monoisotopic (exact) mass is 283 g/mol. The zero-order valence-electron chi connectivity index (χ0n) is 11.4. The van der Waals surface area contributed by atoms with Crippen LogP contribution in [0.4, 0.5) is 0 Å². The summed E-state index contributed by atoms with van der Waals surface area (Å²) in [6.45, 7) is 2.05. The molecule has 0 saturated heterocycles. The first kappa shape index (κ1) is 13.3. The minimum Gasteiger partial charge on any atom is -0.462 e. The molecular weight excluding hydrogens is 270 g/mol. The van der Waals surface area contributed by atoms with E-state index in [1.165, 1.54) is 0 Å². The van der Waals surface area contributed by atoms with E-state index in [0.717, 1.165) is 6.29 Å². The van der Waals surface area contributed by atoms with Crippen LogP contribution in [0.15, 0.2) is 36.5 Å². The van der Waals surface area contributed by atoms with Gasteiger partial charge in [0.15, 0.2) is 0 Å². The fraction of sp³-hybridized carbons (Fsp3) is 0.188. The Morgan fingerprint density at radius 1 is 1.38 bits per heavy atom. The maximum absolute atomic E-state index is 11.8. The van der Waals surface area contributed by atoms with Crippen LogP contribution in [0.3, 0.4) is 0 Å². The summed E-state index contributed by atoms with van der Waals surface area (Å²) in [5.41, 5.74) is 1.75. The standard InChI is InChI=1S/C16H13NO4/c1-2-20-16(19)10-5-6-14-12(8-10)13(9-18)11-4-3-7-17-15(11)21-14/h3-9,13H,2H2,1H3. The lowest BCUT2D eigenvalue weighted by molar-refractivity contribution is -0.108. The Labute approximate surface area is 121 Å². The zero-order chi connectivity index (χ0) is 14.8. The lowest BCUT2D eigenvalue weighted by atomic mass is 9.89. The van der Waals surface area contributed by atoms with Gasteiger partial charge in [0.05, 0.1) is 18.1 Å². The summed E-state index contributed by atoms with van der Waals surface area (Å²) in [5, 5.41) is 0. The molecule has 0 bridgehead atoms. The highest BCUT2D eigenvalue weighted by Gasteiger charge is 2.28. The van der Waals surface area contributed by atoms with Crippen LogP contribution in [0.2, 0.25) is 0 Å². The third-order valence-electron chi connectivity index (χ3n) is 3.33. The molecule has 1 aliphatic rings. The van der Waals surface area contributed by atoms with Crippen molar-refractivity contribution in [3.8, 4) is 11.6 Å². The van der Waals surface area contributed by atoms with Gasteiger partial charge in [0, 0.05) is 17.3 Å². The molecule has 0 amide bonds. The van der Waals surface area contributed by atoms with E-state index in [9.17, 15) is 9.59 Å². The van der Waals surface area contributed by atoms with Crippen molar-refractivity contribution in [1.82, 2.24) is 4.98 Å². The maximum atomic E-state index is 11.8. The van der Waals surface area contributed by atoms with E-state index in [1.54, 1.807) is 43.5 Å². The second kappa shape index (κ2) is 5.36. The molecule has 0 fully saturated rings. The normalized spacial score (nSPS) is 15.4. The summed E-state index contributed by atoms with van der Waals surface area (Å²) in [6.07, 6.45) is 2.44. The van der Waals surface area contributed by atoms with Gasteiger partial charge in [-0.15, -0.1) is 0 Å². The SMILES string of the molecule is CCOC(=O)c1ccc2c(c1)C(C=O)c1cccnc1O2. The van der Waals surface area contributed by atoms with Crippen molar-refractivity contribution in [3.63, 3.8) is 0 Å². The quantitative estimate of drug-likeness (QED) is 0.640. The minimum absolute atomic E-state index is 0.302. The second-order valence-corrected chi connectivity index (χ2v) is 4.59. The average molecular weight is 283 g/mol. The number of aromatic nitrogens is 1. The Morgan fingerprint density at radius 3 is 3.00 bits per heavy atom. The first-order valence-corrected chi connectivity index (χ1v) is 6.63. The van der Waals surface area contributed by atoms with Crippen LogP contribution in [0, 0.1) is 0 Å². The van der Waals surface area contributed by atoms with Crippen molar-refractivity contribution in [1.29, 1.82) is 0 Å². The Bertz CT molecular complexity index is 711. The summed E-state index contributed by atoms with van der Waals surface area (Å²) >= 11 is 0. The molecule has 3 rings (SSSR count). The van der Waals surface area contributed by atoms with Crippen LogP contribution in [-0.2, 0) is 9.53 Å². The van der Waals surface area contributed by atoms with Crippen molar-refractivity contribution in [3.05, 3.63) is 53.2 Å². The van der Waals surface area contributed by atoms with Gasteiger partial charge < -0.3 is 14.3 Å². The maximum Gasteiger partial charge on any atom is 0.338 e. The van der Waals surface area contributed by atoms with Crippen molar-refractivity contribution < 1.29 is 19.1 Å². The summed E-state index contributed by atoms with van der Waals surface area (Å²) < 4.78 is 10.7. The average Bonchev–Trinajstić information content (AvgIpc) is 2.52. The summed E-state index contributed by atoms with van der Waals surface area (Å²) in [6, 6.07) is 8.46. The smallest absolute Gasteiger partial charge is 0.338 e. The number of ether oxygens (including phenoxy) is 2. The predicted molar refractivity (Wildman–Crippen MR) is 74.6 cm³/mol. The number of benzene rings is 1. The van der Waals surface area contributed by atoms with Crippen LogP contribution in [-0.4, -0.2) is 23.8 Å². The Hall–Kier alpha value is -2.69. The third kappa shape index (κ3) is 2.27. The molecule has 2 aromatic rings. The van der Waals surface area contributed by atoms with Gasteiger partial charge in [-0.25, -0.2) is 9.78 Å². The molecule has 0 radical (unpaired) electrons. The molecule has 1 aliphatic heterocycles. The number of fused-ring (bicyclic) bond motifs is 2. The minimum atomic E-state index is -0.494. The molecule has 5 nitrogen and oxygen atoms in total. The van der Waals surface area contributed by atoms with E-state index in [0.29, 0.717) is 34.9 Å². The Morgan fingerprint density at radius 2 is 2.24 bits per heavy atom. The zero-order valence-corrected chi connectivity index (χ0v) is 11.4. The molecule has 0 N–H and O–H groups in total. The molecule has 1 unspecified atom stereocenters. The molecule has 0 saturated carbocycles. The van der Waals surface area contributed by atoms with Crippen molar-refractivity contribution in [2.75, 3.05) is 6.61 Å². The Kier molecular flexibility index (Phi) is 3.39. The molecule has 0 aliphatic carbocycles. The van der Waals surface area contributed by atoms with Crippen LogP contribution >= 0.6 is 0 Å². The van der Waals surface area contributed by atoms with Crippen LogP contribution < -0.4 is 4.74 Å². The fourth-order valence-electron chi connectivity index (χ4n) is 2.37. The number of carbonyl (C=O) groups excluding carboxylic acids is 2. The van der Waals surface area contributed by atoms with E-state index < -0.39 is 11.9 Å². The first-order valence-electron chi connectivity index (χ1n) is 6.63. The van der Waals surface area contributed by atoms with Gasteiger partial charge in [-0.1, -0.05) is 6.07 Å². The van der Waals surface area contributed by atoms with Crippen molar-refractivity contribution in [2.24, 2.45) is 0 Å². The first-order chi connectivity index (χ1) is 10.2. The van der Waals surface area contributed by atoms with Crippen LogP contribution in [0.5, 0.6) is 11.6 Å². The molecule has 21 heavy (non-hydrogen) atoms. The second-order valence-electron chi connectivity index (χ2n) is 4.59. The van der Waals surface area contributed by atoms with Gasteiger partial charge in [-0.2, -0.15) is 0 Å². The van der Waals surface area contributed by atoms with Gasteiger partial charge >= 0.3 is 5.97 Å². The van der Waals surface area contributed by atoms with Crippen LogP contribution in [0.25, 0.3) is 0 Å². The van der Waals surface area contributed by atoms with Gasteiger partial charge in [-0.05, 0) is 31.2 Å². The number of carbonyl (C=O) groups is 2. The van der Waals surface area contributed by atoms with Gasteiger partial charge in [-0.3, -0.25) is 0 Å². The lowest BCUT2D eigenvalue weighted by Crippen LogP contribution is -2.14. The van der Waals surface area contributed by atoms with E-state index in [-0.39, 0.29) is 0 Å². The number of hydrogen-bond donors (Lipinski definition) is 0. The molecule has 1 atom stereocenters. The van der Waals surface area contributed by atoms with E-state index >= 15 is 0 Å². The summed E-state index contributed by atoms with van der Waals surface area (Å²) in [5.74, 6) is 0.0473.